The summed E-state index contributed by atoms with van der Waals surface area (Å²) >= 11 is 0. The normalized spacial score (nSPS) is 8.60. The first kappa shape index (κ1) is 35.4. The Labute approximate surface area is 249 Å². The molecule has 0 fully saturated rings. The summed E-state index contributed by atoms with van der Waals surface area (Å²) in [7, 11) is 5.79. The molecule has 2 unspecified atom stereocenters. The van der Waals surface area contributed by atoms with E-state index in [1.807, 2.05) is 27.7 Å². The third-order valence-electron chi connectivity index (χ3n) is 4.17. The van der Waals surface area contributed by atoms with Crippen molar-refractivity contribution >= 4 is 50.6 Å². The van der Waals surface area contributed by atoms with Crippen LogP contribution in [-0.4, -0.2) is 0 Å². The zero-order valence-electron chi connectivity index (χ0n) is 16.8. The topological polar surface area (TPSA) is 0 Å². The first-order chi connectivity index (χ1) is 12.8. The third kappa shape index (κ3) is 7.97. The summed E-state index contributed by atoms with van der Waals surface area (Å²) < 4.78 is 0. The second-order valence-corrected chi connectivity index (χ2v) is 6.75. The van der Waals surface area contributed by atoms with Crippen molar-refractivity contribution in [2.45, 2.75) is 42.5 Å². The van der Waals surface area contributed by atoms with Crippen LogP contribution in [-0.2, 0) is 0 Å². The van der Waals surface area contributed by atoms with Crippen molar-refractivity contribution in [2.75, 3.05) is 0 Å². The van der Waals surface area contributed by atoms with Crippen LogP contribution >= 0.6 is 18.5 Å². The van der Waals surface area contributed by atoms with E-state index in [0.717, 1.165) is 0 Å². The summed E-state index contributed by atoms with van der Waals surface area (Å²) in [5.41, 5.74) is 2.62. The Bertz CT molecular complexity index is 931. The average Bonchev–Trinajstić information content (AvgIpc) is 2.72. The van der Waals surface area contributed by atoms with Gasteiger partial charge in [0.15, 0.2) is 0 Å². The van der Waals surface area contributed by atoms with E-state index in [4.69, 9.17) is 0 Å². The van der Waals surface area contributed by atoms with E-state index < -0.39 is 0 Å². The molecule has 166 valence electrons. The van der Waals surface area contributed by atoms with Crippen molar-refractivity contribution in [3.63, 3.8) is 0 Å². The van der Waals surface area contributed by atoms with Gasteiger partial charge in [-0.15, -0.1) is 18.5 Å². The van der Waals surface area contributed by atoms with Crippen molar-refractivity contribution < 1.29 is 75.5 Å². The molecule has 0 nitrogen and oxygen atoms in total. The molecule has 4 heteroatoms. The standard InChI is InChI=1S/C20H16P2.2C2H6.2CH4.2Ar/c21-17-11-9-13-5-1-3-7-15(13)19(17)20-16-8-4-2-6-14(16)10-12-18(20)22;2*1-2;;;;/h1-12H,21-22H2;2*1-2H3;2*1H4;;. The maximum Gasteiger partial charge on any atom is 0 e. The smallest absolute Gasteiger partial charge is 0 e. The van der Waals surface area contributed by atoms with Gasteiger partial charge in [-0.1, -0.05) is 115 Å². The van der Waals surface area contributed by atoms with E-state index in [1.54, 1.807) is 0 Å². The molecule has 2 atom stereocenters. The molecule has 0 aliphatic carbocycles. The van der Waals surface area contributed by atoms with E-state index in [-0.39, 0.29) is 90.3 Å². The zero-order valence-corrected chi connectivity index (χ0v) is 20.5. The van der Waals surface area contributed by atoms with E-state index in [1.165, 1.54) is 43.3 Å². The second-order valence-electron chi connectivity index (χ2n) is 5.50. The van der Waals surface area contributed by atoms with E-state index >= 15 is 0 Å². The van der Waals surface area contributed by atoms with Crippen LogP contribution in [0.25, 0.3) is 32.7 Å². The molecule has 0 saturated heterocycles. The Balaban J connectivity index is -0.000000863. The van der Waals surface area contributed by atoms with E-state index in [0.29, 0.717) is 0 Å². The molecule has 0 aromatic heterocycles. The second kappa shape index (κ2) is 18.2. The number of hydrogen-bond acceptors (Lipinski definition) is 0. The van der Waals surface area contributed by atoms with Gasteiger partial charge < -0.3 is 0 Å². The molecule has 0 radical (unpaired) electrons. The molecule has 4 aromatic carbocycles. The monoisotopic (exact) mass is 490 g/mol. The number of benzene rings is 4. The maximum absolute atomic E-state index is 2.90. The van der Waals surface area contributed by atoms with Gasteiger partial charge in [-0.2, -0.15) is 0 Å². The maximum atomic E-state index is 2.90. The predicted octanol–water partition coefficient (Wildman–Crippen LogP) is 7.99. The first-order valence-corrected chi connectivity index (χ1v) is 10.5. The van der Waals surface area contributed by atoms with Crippen molar-refractivity contribution in [1.82, 2.24) is 0 Å². The van der Waals surface area contributed by atoms with Crippen LogP contribution in [0, 0.1) is 75.5 Å². The predicted molar refractivity (Wildman–Crippen MR) is 142 cm³/mol. The number of rotatable bonds is 1. The van der Waals surface area contributed by atoms with Crippen molar-refractivity contribution in [1.29, 1.82) is 0 Å². The largest absolute Gasteiger partial charge is 0.105 e. The molecule has 0 saturated carbocycles. The molecule has 0 aliphatic heterocycles. The Morgan fingerprint density at radius 3 is 1.10 bits per heavy atom. The fourth-order valence-electron chi connectivity index (χ4n) is 3.13. The summed E-state index contributed by atoms with van der Waals surface area (Å²) in [5, 5.41) is 7.63. The van der Waals surface area contributed by atoms with Crippen LogP contribution in [0.2, 0.25) is 0 Å². The summed E-state index contributed by atoms with van der Waals surface area (Å²) in [4.78, 5) is 0. The van der Waals surface area contributed by atoms with Crippen molar-refractivity contribution in [2.24, 2.45) is 0 Å². The molecule has 30 heavy (non-hydrogen) atoms. The molecule has 4 aromatic rings. The van der Waals surface area contributed by atoms with Gasteiger partial charge in [0.05, 0.1) is 0 Å². The Hall–Kier alpha value is 0.779. The SMILES string of the molecule is C.C.CC.CC.Pc1ccc2ccccc2c1-c1c(P)ccc2ccccc12.[Ar].[Ar]. The summed E-state index contributed by atoms with van der Waals surface area (Å²) in [6, 6.07) is 26.0. The van der Waals surface area contributed by atoms with Gasteiger partial charge in [-0.05, 0) is 43.3 Å². The Morgan fingerprint density at radius 1 is 0.467 bits per heavy atom. The van der Waals surface area contributed by atoms with Gasteiger partial charge in [0.1, 0.15) is 0 Å². The van der Waals surface area contributed by atoms with Gasteiger partial charge >= 0.3 is 0 Å². The van der Waals surface area contributed by atoms with Gasteiger partial charge in [0.25, 0.3) is 0 Å². The van der Waals surface area contributed by atoms with Gasteiger partial charge in [0.2, 0.25) is 0 Å². The summed E-state index contributed by atoms with van der Waals surface area (Å²) in [5.74, 6) is 0. The minimum absolute atomic E-state index is 0. The average molecular weight is 490 g/mol. The molecular formula is C26H36Ar2P2. The molecule has 0 aliphatic rings. The molecule has 0 N–H and O–H groups in total. The Morgan fingerprint density at radius 2 is 0.767 bits per heavy atom. The van der Waals surface area contributed by atoms with Crippen molar-refractivity contribution in [3.05, 3.63) is 72.8 Å². The van der Waals surface area contributed by atoms with E-state index in [9.17, 15) is 0 Å². The number of hydrogen-bond donors (Lipinski definition) is 0. The molecule has 0 heterocycles. The van der Waals surface area contributed by atoms with E-state index in [2.05, 4.69) is 91.3 Å². The fraction of sp³-hybridized carbons (Fsp3) is 0.231. The molecule has 0 bridgehead atoms. The van der Waals surface area contributed by atoms with Crippen molar-refractivity contribution in [3.8, 4) is 11.1 Å². The first-order valence-electron chi connectivity index (χ1n) is 9.30. The van der Waals surface area contributed by atoms with Gasteiger partial charge in [-0.25, -0.2) is 0 Å². The molecule has 0 amide bonds. The van der Waals surface area contributed by atoms with Crippen LogP contribution in [0.15, 0.2) is 72.8 Å². The molecule has 4 rings (SSSR count). The summed E-state index contributed by atoms with van der Waals surface area (Å²) in [6.45, 7) is 8.00. The van der Waals surface area contributed by atoms with Crippen LogP contribution < -0.4 is 10.6 Å². The molecule has 0 spiro atoms. The molecular weight excluding hydrogens is 454 g/mol. The van der Waals surface area contributed by atoms with Crippen LogP contribution in [0.3, 0.4) is 0 Å². The Kier molecular flexibility index (Phi) is 21.5. The van der Waals surface area contributed by atoms with Crippen LogP contribution in [0.5, 0.6) is 0 Å². The third-order valence-corrected chi connectivity index (χ3v) is 5.13. The van der Waals surface area contributed by atoms with Crippen LogP contribution in [0.4, 0.5) is 0 Å². The van der Waals surface area contributed by atoms with Gasteiger partial charge in [0, 0.05) is 75.5 Å². The van der Waals surface area contributed by atoms with Crippen LogP contribution in [0.1, 0.15) is 42.5 Å². The fourth-order valence-corrected chi connectivity index (χ4v) is 3.93. The minimum Gasteiger partial charge on any atom is -0.105 e. The number of fused-ring (bicyclic) bond motifs is 2. The van der Waals surface area contributed by atoms with Gasteiger partial charge in [-0.3, -0.25) is 0 Å². The summed E-state index contributed by atoms with van der Waals surface area (Å²) in [6.07, 6.45) is 0. The quantitative estimate of drug-likeness (QED) is 0.237. The zero-order chi connectivity index (χ0) is 19.1. The minimum atomic E-state index is 0.